The van der Waals surface area contributed by atoms with E-state index in [9.17, 15) is 0 Å². The van der Waals surface area contributed by atoms with E-state index in [2.05, 4.69) is 11.4 Å². The maximum atomic E-state index is 6.37. The van der Waals surface area contributed by atoms with E-state index in [0.717, 1.165) is 51.9 Å². The predicted molar refractivity (Wildman–Crippen MR) is 95.8 cm³/mol. The molecule has 1 N–H and O–H groups in total. The van der Waals surface area contributed by atoms with Crippen LogP contribution in [0.2, 0.25) is 5.02 Å². The molecule has 4 nitrogen and oxygen atoms in total. The Bertz CT molecular complexity index is 761. The molecule has 1 unspecified atom stereocenters. The summed E-state index contributed by atoms with van der Waals surface area (Å²) in [5, 5.41) is 4.30. The lowest BCUT2D eigenvalue weighted by atomic mass is 9.88. The van der Waals surface area contributed by atoms with Crippen molar-refractivity contribution in [3.05, 3.63) is 51.5 Å². The normalized spacial score (nSPS) is 16.5. The molecule has 0 spiro atoms. The van der Waals surface area contributed by atoms with Gasteiger partial charge in [-0.25, -0.2) is 0 Å². The maximum Gasteiger partial charge on any atom is 0.161 e. The van der Waals surface area contributed by atoms with Crippen LogP contribution in [0.15, 0.2) is 24.3 Å². The van der Waals surface area contributed by atoms with Gasteiger partial charge < -0.3 is 19.5 Å². The minimum atomic E-state index is 0.00149. The molecule has 3 rings (SSSR count). The second-order valence-electron chi connectivity index (χ2n) is 5.89. The topological polar surface area (TPSA) is 39.7 Å². The SMILES string of the molecule is COc1cc2c(cc1OC)C(c1cc(Cl)c(C)cc1OC)NCC2. The van der Waals surface area contributed by atoms with Crippen LogP contribution in [0, 0.1) is 6.92 Å². The van der Waals surface area contributed by atoms with Gasteiger partial charge in [0.05, 0.1) is 27.4 Å². The molecular formula is C19H22ClNO3. The molecule has 0 saturated heterocycles. The lowest BCUT2D eigenvalue weighted by molar-refractivity contribution is 0.352. The van der Waals surface area contributed by atoms with Gasteiger partial charge in [-0.15, -0.1) is 0 Å². The van der Waals surface area contributed by atoms with E-state index in [1.807, 2.05) is 25.1 Å². The molecule has 2 aromatic rings. The highest BCUT2D eigenvalue weighted by Crippen LogP contribution is 2.41. The molecule has 0 aromatic heterocycles. The van der Waals surface area contributed by atoms with Crippen molar-refractivity contribution in [3.63, 3.8) is 0 Å². The molecule has 2 aromatic carbocycles. The Morgan fingerprint density at radius 1 is 0.917 bits per heavy atom. The summed E-state index contributed by atoms with van der Waals surface area (Å²) in [5.41, 5.74) is 4.44. The van der Waals surface area contributed by atoms with E-state index in [1.165, 1.54) is 5.56 Å². The predicted octanol–water partition coefficient (Wildman–Crippen LogP) is 3.91. The maximum absolute atomic E-state index is 6.37. The van der Waals surface area contributed by atoms with Crippen molar-refractivity contribution >= 4 is 11.6 Å². The van der Waals surface area contributed by atoms with Gasteiger partial charge in [0.2, 0.25) is 0 Å². The summed E-state index contributed by atoms with van der Waals surface area (Å²) in [5.74, 6) is 2.31. The minimum Gasteiger partial charge on any atom is -0.496 e. The van der Waals surface area contributed by atoms with Crippen LogP contribution in [-0.2, 0) is 6.42 Å². The lowest BCUT2D eigenvalue weighted by Gasteiger charge is -2.29. The Labute approximate surface area is 147 Å². The molecule has 1 aliphatic rings. The third-order valence-electron chi connectivity index (χ3n) is 4.52. The van der Waals surface area contributed by atoms with Crippen molar-refractivity contribution in [3.8, 4) is 17.2 Å². The third kappa shape index (κ3) is 2.92. The fourth-order valence-corrected chi connectivity index (χ4v) is 3.41. The third-order valence-corrected chi connectivity index (χ3v) is 4.93. The number of hydrogen-bond donors (Lipinski definition) is 1. The monoisotopic (exact) mass is 347 g/mol. The van der Waals surface area contributed by atoms with Crippen LogP contribution >= 0.6 is 11.6 Å². The van der Waals surface area contributed by atoms with Gasteiger partial charge >= 0.3 is 0 Å². The number of halogens is 1. The van der Waals surface area contributed by atoms with Crippen molar-refractivity contribution in [2.24, 2.45) is 0 Å². The van der Waals surface area contributed by atoms with E-state index in [-0.39, 0.29) is 6.04 Å². The van der Waals surface area contributed by atoms with Crippen molar-refractivity contribution in [1.82, 2.24) is 5.32 Å². The molecule has 0 radical (unpaired) electrons. The summed E-state index contributed by atoms with van der Waals surface area (Å²) in [4.78, 5) is 0. The number of rotatable bonds is 4. The van der Waals surface area contributed by atoms with Crippen molar-refractivity contribution in [2.45, 2.75) is 19.4 Å². The zero-order valence-electron chi connectivity index (χ0n) is 14.4. The summed E-state index contributed by atoms with van der Waals surface area (Å²) in [6.07, 6.45) is 0.939. The van der Waals surface area contributed by atoms with Gasteiger partial charge in [-0.05, 0) is 54.3 Å². The second kappa shape index (κ2) is 6.91. The van der Waals surface area contributed by atoms with Crippen LogP contribution in [0.3, 0.4) is 0 Å². The average Bonchev–Trinajstić information content (AvgIpc) is 2.61. The van der Waals surface area contributed by atoms with E-state index in [4.69, 9.17) is 25.8 Å². The Hall–Kier alpha value is -1.91. The quantitative estimate of drug-likeness (QED) is 0.910. The second-order valence-corrected chi connectivity index (χ2v) is 6.29. The van der Waals surface area contributed by atoms with Crippen LogP contribution in [0.25, 0.3) is 0 Å². The van der Waals surface area contributed by atoms with E-state index < -0.39 is 0 Å². The standard InChI is InChI=1S/C19H22ClNO3/c1-11-7-16(22-2)14(9-15(11)20)19-13-10-18(24-4)17(23-3)8-12(13)5-6-21-19/h7-10,19,21H,5-6H2,1-4H3. The number of nitrogens with one attached hydrogen (secondary N) is 1. The van der Waals surface area contributed by atoms with Crippen LogP contribution < -0.4 is 19.5 Å². The highest BCUT2D eigenvalue weighted by Gasteiger charge is 2.26. The minimum absolute atomic E-state index is 0.00149. The molecule has 0 aliphatic carbocycles. The van der Waals surface area contributed by atoms with Gasteiger partial charge in [0.25, 0.3) is 0 Å². The highest BCUT2D eigenvalue weighted by molar-refractivity contribution is 6.31. The summed E-state index contributed by atoms with van der Waals surface area (Å²) in [6.45, 7) is 2.85. The van der Waals surface area contributed by atoms with E-state index >= 15 is 0 Å². The van der Waals surface area contributed by atoms with Crippen LogP contribution in [0.1, 0.15) is 28.3 Å². The number of hydrogen-bond acceptors (Lipinski definition) is 4. The van der Waals surface area contributed by atoms with Crippen LogP contribution in [0.4, 0.5) is 0 Å². The molecule has 5 heteroatoms. The Morgan fingerprint density at radius 3 is 2.25 bits per heavy atom. The molecule has 0 saturated carbocycles. The lowest BCUT2D eigenvalue weighted by Crippen LogP contribution is -2.31. The molecule has 128 valence electrons. The van der Waals surface area contributed by atoms with Crippen molar-refractivity contribution < 1.29 is 14.2 Å². The molecule has 0 bridgehead atoms. The first kappa shape index (κ1) is 16.9. The zero-order valence-corrected chi connectivity index (χ0v) is 15.2. The molecule has 1 aliphatic heterocycles. The molecule has 1 heterocycles. The molecule has 24 heavy (non-hydrogen) atoms. The number of methoxy groups -OCH3 is 3. The number of benzene rings is 2. The summed E-state index contributed by atoms with van der Waals surface area (Å²) < 4.78 is 16.5. The highest BCUT2D eigenvalue weighted by atomic mass is 35.5. The Balaban J connectivity index is 2.15. The van der Waals surface area contributed by atoms with Gasteiger partial charge in [0.1, 0.15) is 5.75 Å². The first-order valence-electron chi connectivity index (χ1n) is 7.91. The largest absolute Gasteiger partial charge is 0.496 e. The smallest absolute Gasteiger partial charge is 0.161 e. The fourth-order valence-electron chi connectivity index (χ4n) is 3.23. The first-order chi connectivity index (χ1) is 11.6. The van der Waals surface area contributed by atoms with Crippen LogP contribution in [0.5, 0.6) is 17.2 Å². The van der Waals surface area contributed by atoms with E-state index in [0.29, 0.717) is 0 Å². The van der Waals surface area contributed by atoms with Gasteiger partial charge in [0, 0.05) is 17.1 Å². The molecular weight excluding hydrogens is 326 g/mol. The fraction of sp³-hybridized carbons (Fsp3) is 0.368. The number of ether oxygens (including phenoxy) is 3. The molecule has 0 fully saturated rings. The Kier molecular flexibility index (Phi) is 4.88. The van der Waals surface area contributed by atoms with Gasteiger partial charge in [-0.3, -0.25) is 0 Å². The molecule has 0 amide bonds. The van der Waals surface area contributed by atoms with Gasteiger partial charge in [-0.2, -0.15) is 0 Å². The summed E-state index contributed by atoms with van der Waals surface area (Å²) in [7, 11) is 4.99. The van der Waals surface area contributed by atoms with Gasteiger partial charge in [0.15, 0.2) is 11.5 Å². The number of aryl methyl sites for hydroxylation is 1. The van der Waals surface area contributed by atoms with E-state index in [1.54, 1.807) is 21.3 Å². The van der Waals surface area contributed by atoms with Gasteiger partial charge in [-0.1, -0.05) is 11.6 Å². The molecule has 1 atom stereocenters. The van der Waals surface area contributed by atoms with Crippen LogP contribution in [-0.4, -0.2) is 27.9 Å². The first-order valence-corrected chi connectivity index (χ1v) is 8.29. The average molecular weight is 348 g/mol. The van der Waals surface area contributed by atoms with Crippen molar-refractivity contribution in [1.29, 1.82) is 0 Å². The number of fused-ring (bicyclic) bond motifs is 1. The van der Waals surface area contributed by atoms with Crippen molar-refractivity contribution in [2.75, 3.05) is 27.9 Å². The summed E-state index contributed by atoms with van der Waals surface area (Å²) in [6, 6.07) is 8.07. The Morgan fingerprint density at radius 2 is 1.58 bits per heavy atom. The zero-order chi connectivity index (χ0) is 17.3. The summed E-state index contributed by atoms with van der Waals surface area (Å²) >= 11 is 6.37.